The fraction of sp³-hybridized carbons (Fsp3) is 0.571. The Morgan fingerprint density at radius 3 is 2.04 bits per heavy atom. The predicted molar refractivity (Wildman–Crippen MR) is 179 cm³/mol. The summed E-state index contributed by atoms with van der Waals surface area (Å²) in [6.07, 6.45) is -1.53. The van der Waals surface area contributed by atoms with Crippen LogP contribution in [-0.4, -0.2) is 88.4 Å². The maximum atomic E-state index is 14.1. The number of rotatable bonds is 18. The number of carbonyl (C=O) groups excluding carboxylic acids is 3. The summed E-state index contributed by atoms with van der Waals surface area (Å²) in [5.41, 5.74) is 0.750. The van der Waals surface area contributed by atoms with Crippen molar-refractivity contribution in [2.75, 3.05) is 41.6 Å². The largest absolute Gasteiger partial charge is 0.493 e. The van der Waals surface area contributed by atoms with E-state index < -0.39 is 41.7 Å². The highest BCUT2D eigenvalue weighted by molar-refractivity contribution is 5.89. The summed E-state index contributed by atoms with van der Waals surface area (Å²) in [7, 11) is 6.03. The average molecular weight is 660 g/mol. The van der Waals surface area contributed by atoms with E-state index in [1.807, 2.05) is 44.2 Å². The van der Waals surface area contributed by atoms with E-state index in [0.717, 1.165) is 5.56 Å². The lowest BCUT2D eigenvalue weighted by atomic mass is 9.87. The average Bonchev–Trinajstić information content (AvgIpc) is 3.01. The number of carbonyl (C=O) groups is 3. The zero-order valence-electron chi connectivity index (χ0n) is 29.2. The van der Waals surface area contributed by atoms with Gasteiger partial charge in [0.1, 0.15) is 11.6 Å². The zero-order chi connectivity index (χ0) is 35.1. The Morgan fingerprint density at radius 2 is 1.49 bits per heavy atom. The van der Waals surface area contributed by atoms with E-state index in [0.29, 0.717) is 29.4 Å². The molecule has 0 aliphatic carbocycles. The molecule has 0 fully saturated rings. The van der Waals surface area contributed by atoms with Crippen LogP contribution >= 0.6 is 0 Å². The maximum absolute atomic E-state index is 14.1. The van der Waals surface area contributed by atoms with E-state index in [9.17, 15) is 19.5 Å². The Kier molecular flexibility index (Phi) is 15.8. The predicted octanol–water partition coefficient (Wildman–Crippen LogP) is 3.66. The molecule has 0 heterocycles. The number of aliphatic hydroxyl groups excluding tert-OH is 1. The minimum atomic E-state index is -1.18. The second kappa shape index (κ2) is 19.0. The van der Waals surface area contributed by atoms with Gasteiger partial charge in [0.25, 0.3) is 0 Å². The van der Waals surface area contributed by atoms with Gasteiger partial charge in [-0.3, -0.25) is 9.59 Å². The van der Waals surface area contributed by atoms with Gasteiger partial charge in [0.05, 0.1) is 40.1 Å². The molecule has 0 aromatic heterocycles. The van der Waals surface area contributed by atoms with Crippen molar-refractivity contribution < 1.29 is 43.2 Å². The third kappa shape index (κ3) is 12.6. The van der Waals surface area contributed by atoms with Gasteiger partial charge in [0, 0.05) is 19.6 Å². The Labute approximate surface area is 278 Å². The first-order valence-corrected chi connectivity index (χ1v) is 15.8. The molecular formula is C35H53N3O9. The van der Waals surface area contributed by atoms with E-state index in [1.54, 1.807) is 32.9 Å². The summed E-state index contributed by atoms with van der Waals surface area (Å²) in [4.78, 5) is 40.0. The highest BCUT2D eigenvalue weighted by Gasteiger charge is 2.33. The van der Waals surface area contributed by atoms with Crippen LogP contribution < -0.4 is 30.2 Å². The standard InChI is InChI=1S/C35H53N3O9/c1-22(2)29(33(41)36-17-18-43-6)38-32(40)25(20-24-15-16-28(44-7)31(46-9)30(24)45-8)21-27(39)26(19-23-13-11-10-12-14-23)37-34(42)47-35(3,4)5/h10-16,22,25-27,29,39H,17-21H2,1-9H3,(H,36,41)(H,37,42)(H,38,40). The van der Waals surface area contributed by atoms with Crippen molar-refractivity contribution in [3.8, 4) is 17.2 Å². The van der Waals surface area contributed by atoms with Crippen LogP contribution in [0.1, 0.15) is 52.2 Å². The smallest absolute Gasteiger partial charge is 0.407 e. The normalized spacial score (nSPS) is 13.9. The first-order chi connectivity index (χ1) is 22.2. The summed E-state index contributed by atoms with van der Waals surface area (Å²) in [5.74, 6) is -0.695. The van der Waals surface area contributed by atoms with Crippen molar-refractivity contribution in [2.24, 2.45) is 11.8 Å². The van der Waals surface area contributed by atoms with Crippen molar-refractivity contribution in [2.45, 2.75) is 77.7 Å². The van der Waals surface area contributed by atoms with Crippen LogP contribution in [-0.2, 0) is 31.9 Å². The summed E-state index contributed by atoms with van der Waals surface area (Å²) in [6.45, 7) is 9.54. The number of benzene rings is 2. The van der Waals surface area contributed by atoms with Gasteiger partial charge in [-0.2, -0.15) is 0 Å². The molecule has 2 aromatic carbocycles. The molecule has 0 spiro atoms. The summed E-state index contributed by atoms with van der Waals surface area (Å²) in [5, 5.41) is 20.2. The Bertz CT molecular complexity index is 1280. The zero-order valence-corrected chi connectivity index (χ0v) is 29.2. The molecule has 262 valence electrons. The lowest BCUT2D eigenvalue weighted by molar-refractivity contribution is -0.132. The second-order valence-corrected chi connectivity index (χ2v) is 12.7. The minimum absolute atomic E-state index is 0.0628. The number of alkyl carbamates (subject to hydrolysis) is 1. The van der Waals surface area contributed by atoms with E-state index >= 15 is 0 Å². The number of methoxy groups -OCH3 is 4. The van der Waals surface area contributed by atoms with Crippen LogP contribution in [0.15, 0.2) is 42.5 Å². The van der Waals surface area contributed by atoms with Gasteiger partial charge < -0.3 is 44.7 Å². The quantitative estimate of drug-likeness (QED) is 0.176. The molecule has 2 aromatic rings. The number of ether oxygens (including phenoxy) is 5. The molecular weight excluding hydrogens is 606 g/mol. The van der Waals surface area contributed by atoms with Gasteiger partial charge >= 0.3 is 6.09 Å². The van der Waals surface area contributed by atoms with E-state index in [1.165, 1.54) is 28.4 Å². The molecule has 0 saturated heterocycles. The van der Waals surface area contributed by atoms with Crippen molar-refractivity contribution in [3.05, 3.63) is 53.6 Å². The Morgan fingerprint density at radius 1 is 0.830 bits per heavy atom. The van der Waals surface area contributed by atoms with Crippen molar-refractivity contribution in [1.29, 1.82) is 0 Å². The fourth-order valence-corrected chi connectivity index (χ4v) is 5.13. The van der Waals surface area contributed by atoms with Crippen LogP contribution in [0.5, 0.6) is 17.2 Å². The molecule has 3 amide bonds. The van der Waals surface area contributed by atoms with Crippen molar-refractivity contribution >= 4 is 17.9 Å². The van der Waals surface area contributed by atoms with Gasteiger partial charge in [0.15, 0.2) is 11.5 Å². The maximum Gasteiger partial charge on any atom is 0.407 e. The van der Waals surface area contributed by atoms with Crippen molar-refractivity contribution in [3.63, 3.8) is 0 Å². The summed E-state index contributed by atoms with van der Waals surface area (Å²) in [6, 6.07) is 11.2. The molecule has 4 N–H and O–H groups in total. The van der Waals surface area contributed by atoms with E-state index in [2.05, 4.69) is 16.0 Å². The number of hydrogen-bond acceptors (Lipinski definition) is 9. The lowest BCUT2D eigenvalue weighted by Gasteiger charge is -2.30. The monoisotopic (exact) mass is 659 g/mol. The van der Waals surface area contributed by atoms with Crippen LogP contribution in [0.25, 0.3) is 0 Å². The molecule has 12 heteroatoms. The molecule has 2 rings (SSSR count). The number of aliphatic hydroxyl groups is 1. The molecule has 0 saturated carbocycles. The topological polar surface area (TPSA) is 154 Å². The van der Waals surface area contributed by atoms with E-state index in [4.69, 9.17) is 23.7 Å². The number of nitrogens with one attached hydrogen (secondary N) is 3. The summed E-state index contributed by atoms with van der Waals surface area (Å²) < 4.78 is 27.2. The molecule has 0 bridgehead atoms. The number of amides is 3. The van der Waals surface area contributed by atoms with Crippen LogP contribution in [0, 0.1) is 11.8 Å². The highest BCUT2D eigenvalue weighted by atomic mass is 16.6. The second-order valence-electron chi connectivity index (χ2n) is 12.7. The molecule has 4 unspecified atom stereocenters. The third-order valence-electron chi connectivity index (χ3n) is 7.47. The number of hydrogen-bond donors (Lipinski definition) is 4. The van der Waals surface area contributed by atoms with Gasteiger partial charge in [-0.25, -0.2) is 4.79 Å². The van der Waals surface area contributed by atoms with Gasteiger partial charge in [-0.05, 0) is 63.1 Å². The van der Waals surface area contributed by atoms with Crippen LogP contribution in [0.2, 0.25) is 0 Å². The van der Waals surface area contributed by atoms with Crippen LogP contribution in [0.4, 0.5) is 4.79 Å². The molecule has 0 radical (unpaired) electrons. The van der Waals surface area contributed by atoms with Crippen molar-refractivity contribution in [1.82, 2.24) is 16.0 Å². The third-order valence-corrected chi connectivity index (χ3v) is 7.47. The van der Waals surface area contributed by atoms with Crippen LogP contribution in [0.3, 0.4) is 0 Å². The Hall–Kier alpha value is -4.03. The minimum Gasteiger partial charge on any atom is -0.493 e. The van der Waals surface area contributed by atoms with Gasteiger partial charge in [-0.1, -0.05) is 50.2 Å². The SMILES string of the molecule is COCCNC(=O)C(NC(=O)C(Cc1ccc(OC)c(OC)c1OC)CC(O)C(Cc1ccccc1)NC(=O)OC(C)(C)C)C(C)C. The lowest BCUT2D eigenvalue weighted by Crippen LogP contribution is -2.53. The Balaban J connectivity index is 2.49. The molecule has 0 aliphatic heterocycles. The summed E-state index contributed by atoms with van der Waals surface area (Å²) >= 11 is 0. The first-order valence-electron chi connectivity index (χ1n) is 15.8. The molecule has 47 heavy (non-hydrogen) atoms. The molecule has 12 nitrogen and oxygen atoms in total. The fourth-order valence-electron chi connectivity index (χ4n) is 5.13. The van der Waals surface area contributed by atoms with Gasteiger partial charge in [0.2, 0.25) is 17.6 Å². The molecule has 4 atom stereocenters. The van der Waals surface area contributed by atoms with Gasteiger partial charge in [-0.15, -0.1) is 0 Å². The van der Waals surface area contributed by atoms with E-state index in [-0.39, 0.29) is 37.6 Å². The first kappa shape index (κ1) is 39.1. The highest BCUT2D eigenvalue weighted by Crippen LogP contribution is 2.41. The molecule has 0 aliphatic rings.